The number of aromatic nitrogens is 2. The lowest BCUT2D eigenvalue weighted by Gasteiger charge is -2.01. The van der Waals surface area contributed by atoms with Crippen LogP contribution in [0.25, 0.3) is 5.69 Å². The van der Waals surface area contributed by atoms with Gasteiger partial charge in [-0.2, -0.15) is 5.26 Å². The fourth-order valence-electron chi connectivity index (χ4n) is 2.04. The van der Waals surface area contributed by atoms with Gasteiger partial charge in [0.2, 0.25) is 0 Å². The Kier molecular flexibility index (Phi) is 4.24. The summed E-state index contributed by atoms with van der Waals surface area (Å²) in [5.74, 6) is -0.436. The number of nitriles is 1. The third-order valence-electron chi connectivity index (χ3n) is 3.05. The van der Waals surface area contributed by atoms with E-state index in [0.717, 1.165) is 0 Å². The summed E-state index contributed by atoms with van der Waals surface area (Å²) in [7, 11) is 0. The van der Waals surface area contributed by atoms with Crippen molar-refractivity contribution in [3.63, 3.8) is 0 Å². The number of rotatable bonds is 4. The van der Waals surface area contributed by atoms with Gasteiger partial charge in [-0.3, -0.25) is 14.7 Å². The van der Waals surface area contributed by atoms with Crippen molar-refractivity contribution in [2.24, 2.45) is 0 Å². The van der Waals surface area contributed by atoms with E-state index >= 15 is 0 Å². The Balaban J connectivity index is 2.41. The van der Waals surface area contributed by atoms with E-state index in [2.05, 4.69) is 5.10 Å². The average molecular weight is 285 g/mol. The normalized spacial score (nSPS) is 10.1. The fourth-order valence-corrected chi connectivity index (χ4v) is 2.04. The molecule has 1 N–H and O–H groups in total. The number of H-pyrrole nitrogens is 1. The lowest BCUT2D eigenvalue weighted by atomic mass is 10.2. The van der Waals surface area contributed by atoms with Crippen LogP contribution in [0.2, 0.25) is 0 Å². The SMILES string of the molecule is CCOC(=O)Cc1c(C)[nH]n(-c2cccc(C#N)c2)c1=O. The molecule has 0 amide bonds. The van der Waals surface area contributed by atoms with Gasteiger partial charge in [0.25, 0.3) is 5.56 Å². The first-order valence-corrected chi connectivity index (χ1v) is 6.53. The summed E-state index contributed by atoms with van der Waals surface area (Å²) in [4.78, 5) is 23.9. The molecule has 0 fully saturated rings. The maximum atomic E-state index is 12.4. The van der Waals surface area contributed by atoms with Gasteiger partial charge in [-0.05, 0) is 32.0 Å². The number of carbonyl (C=O) groups is 1. The van der Waals surface area contributed by atoms with E-state index in [1.807, 2.05) is 6.07 Å². The van der Waals surface area contributed by atoms with Gasteiger partial charge in [-0.15, -0.1) is 0 Å². The zero-order valence-corrected chi connectivity index (χ0v) is 11.8. The molecule has 6 nitrogen and oxygen atoms in total. The smallest absolute Gasteiger partial charge is 0.310 e. The molecule has 0 aliphatic heterocycles. The topological polar surface area (TPSA) is 87.9 Å². The molecule has 2 aromatic rings. The summed E-state index contributed by atoms with van der Waals surface area (Å²) in [5, 5.41) is 11.8. The Morgan fingerprint density at radius 2 is 2.24 bits per heavy atom. The summed E-state index contributed by atoms with van der Waals surface area (Å²) in [6, 6.07) is 8.69. The molecule has 6 heteroatoms. The maximum Gasteiger partial charge on any atom is 0.310 e. The monoisotopic (exact) mass is 285 g/mol. The molecule has 21 heavy (non-hydrogen) atoms. The summed E-state index contributed by atoms with van der Waals surface area (Å²) in [6.07, 6.45) is -0.0695. The number of nitrogens with zero attached hydrogens (tertiary/aromatic N) is 2. The largest absolute Gasteiger partial charge is 0.466 e. The average Bonchev–Trinajstić information content (AvgIpc) is 2.76. The molecule has 1 heterocycles. The third-order valence-corrected chi connectivity index (χ3v) is 3.05. The molecule has 0 saturated carbocycles. The van der Waals surface area contributed by atoms with Crippen LogP contribution >= 0.6 is 0 Å². The van der Waals surface area contributed by atoms with Crippen LogP contribution in [0, 0.1) is 18.3 Å². The second kappa shape index (κ2) is 6.09. The first kappa shape index (κ1) is 14.6. The van der Waals surface area contributed by atoms with E-state index in [0.29, 0.717) is 22.5 Å². The van der Waals surface area contributed by atoms with Gasteiger partial charge in [0, 0.05) is 5.69 Å². The highest BCUT2D eigenvalue weighted by atomic mass is 16.5. The summed E-state index contributed by atoms with van der Waals surface area (Å²) >= 11 is 0. The van der Waals surface area contributed by atoms with Crippen molar-refractivity contribution in [1.29, 1.82) is 5.26 Å². The van der Waals surface area contributed by atoms with E-state index in [4.69, 9.17) is 10.00 Å². The second-order valence-electron chi connectivity index (χ2n) is 4.50. The molecule has 0 unspecified atom stereocenters. The Bertz CT molecular complexity index is 765. The number of hydrogen-bond acceptors (Lipinski definition) is 4. The van der Waals surface area contributed by atoms with Gasteiger partial charge in [0.15, 0.2) is 0 Å². The molecule has 0 aliphatic rings. The Labute approximate surface area is 121 Å². The number of carbonyl (C=O) groups excluding carboxylic acids is 1. The molecule has 1 aromatic heterocycles. The predicted octanol–water partition coefficient (Wildman–Crippen LogP) is 1.45. The first-order chi connectivity index (χ1) is 10.1. The van der Waals surface area contributed by atoms with Gasteiger partial charge < -0.3 is 4.74 Å². The highest BCUT2D eigenvalue weighted by Crippen LogP contribution is 2.10. The van der Waals surface area contributed by atoms with Crippen molar-refractivity contribution in [3.8, 4) is 11.8 Å². The number of aromatic amines is 1. The van der Waals surface area contributed by atoms with Gasteiger partial charge in [0.1, 0.15) is 0 Å². The highest BCUT2D eigenvalue weighted by molar-refractivity contribution is 5.72. The van der Waals surface area contributed by atoms with Crippen molar-refractivity contribution in [3.05, 3.63) is 51.4 Å². The Morgan fingerprint density at radius 1 is 1.48 bits per heavy atom. The second-order valence-corrected chi connectivity index (χ2v) is 4.50. The lowest BCUT2D eigenvalue weighted by Crippen LogP contribution is -2.20. The van der Waals surface area contributed by atoms with Crippen LogP contribution in [0.3, 0.4) is 0 Å². The maximum absolute atomic E-state index is 12.4. The Hall–Kier alpha value is -2.81. The molecule has 0 spiro atoms. The Morgan fingerprint density at radius 3 is 2.90 bits per heavy atom. The van der Waals surface area contributed by atoms with Crippen LogP contribution in [0.5, 0.6) is 0 Å². The van der Waals surface area contributed by atoms with E-state index in [-0.39, 0.29) is 18.6 Å². The van der Waals surface area contributed by atoms with Gasteiger partial charge in [-0.25, -0.2) is 4.68 Å². The van der Waals surface area contributed by atoms with Crippen molar-refractivity contribution >= 4 is 5.97 Å². The molecule has 2 rings (SSSR count). The number of nitrogens with one attached hydrogen (secondary N) is 1. The zero-order chi connectivity index (χ0) is 15.4. The number of benzene rings is 1. The van der Waals surface area contributed by atoms with Crippen LogP contribution in [0.4, 0.5) is 0 Å². The molecule has 0 aliphatic carbocycles. The minimum Gasteiger partial charge on any atom is -0.466 e. The van der Waals surface area contributed by atoms with Crippen LogP contribution in [-0.2, 0) is 16.0 Å². The van der Waals surface area contributed by atoms with Crippen LogP contribution < -0.4 is 5.56 Å². The summed E-state index contributed by atoms with van der Waals surface area (Å²) in [6.45, 7) is 3.72. The van der Waals surface area contributed by atoms with Crippen LogP contribution in [0.15, 0.2) is 29.1 Å². The molecule has 108 valence electrons. The number of hydrogen-bond donors (Lipinski definition) is 1. The molecule has 0 atom stereocenters. The molecule has 1 aromatic carbocycles. The lowest BCUT2D eigenvalue weighted by molar-refractivity contribution is -0.142. The summed E-state index contributed by atoms with van der Waals surface area (Å²) < 4.78 is 6.19. The number of aryl methyl sites for hydroxylation is 1. The number of esters is 1. The van der Waals surface area contributed by atoms with Gasteiger partial charge in [-0.1, -0.05) is 6.07 Å². The van der Waals surface area contributed by atoms with Crippen molar-refractivity contribution < 1.29 is 9.53 Å². The number of ether oxygens (including phenoxy) is 1. The predicted molar refractivity (Wildman–Crippen MR) is 76.2 cm³/mol. The standard InChI is InChI=1S/C15H15N3O3/c1-3-21-14(19)8-13-10(2)17-18(15(13)20)12-6-4-5-11(7-12)9-16/h4-7,17H,3,8H2,1-2H3. The molecule has 0 saturated heterocycles. The van der Waals surface area contributed by atoms with E-state index in [1.54, 1.807) is 38.1 Å². The quantitative estimate of drug-likeness (QED) is 0.861. The van der Waals surface area contributed by atoms with Crippen molar-refractivity contribution in [2.75, 3.05) is 6.61 Å². The molecule has 0 radical (unpaired) electrons. The van der Waals surface area contributed by atoms with Crippen LogP contribution in [-0.4, -0.2) is 22.4 Å². The van der Waals surface area contributed by atoms with Crippen molar-refractivity contribution in [2.45, 2.75) is 20.3 Å². The minimum absolute atomic E-state index is 0.0695. The fraction of sp³-hybridized carbons (Fsp3) is 0.267. The molecular formula is C15H15N3O3. The van der Waals surface area contributed by atoms with E-state index in [9.17, 15) is 9.59 Å². The van der Waals surface area contributed by atoms with Gasteiger partial charge in [0.05, 0.1) is 35.9 Å². The van der Waals surface area contributed by atoms with Crippen LogP contribution in [0.1, 0.15) is 23.7 Å². The molecular weight excluding hydrogens is 270 g/mol. The minimum atomic E-state index is -0.436. The van der Waals surface area contributed by atoms with Gasteiger partial charge >= 0.3 is 5.97 Å². The third kappa shape index (κ3) is 3.03. The van der Waals surface area contributed by atoms with E-state index < -0.39 is 5.97 Å². The van der Waals surface area contributed by atoms with Crippen molar-refractivity contribution in [1.82, 2.24) is 9.78 Å². The highest BCUT2D eigenvalue weighted by Gasteiger charge is 2.16. The van der Waals surface area contributed by atoms with E-state index in [1.165, 1.54) is 4.68 Å². The zero-order valence-electron chi connectivity index (χ0n) is 11.8. The molecule has 0 bridgehead atoms. The summed E-state index contributed by atoms with van der Waals surface area (Å²) in [5.41, 5.74) is 1.68. The first-order valence-electron chi connectivity index (χ1n) is 6.53.